The summed E-state index contributed by atoms with van der Waals surface area (Å²) in [5.41, 5.74) is 4.30. The van der Waals surface area contributed by atoms with Gasteiger partial charge in [0.1, 0.15) is 5.75 Å². The summed E-state index contributed by atoms with van der Waals surface area (Å²) >= 11 is 1.58. The smallest absolute Gasteiger partial charge is 0.234 e. The van der Waals surface area contributed by atoms with Gasteiger partial charge in [0, 0.05) is 11.4 Å². The molecule has 0 aliphatic carbocycles. The minimum Gasteiger partial charge on any atom is -0.493 e. The minimum absolute atomic E-state index is 0.0271. The first-order valence-corrected chi connectivity index (χ1v) is 8.84. The highest BCUT2D eigenvalue weighted by molar-refractivity contribution is 7.99. The Morgan fingerprint density at radius 1 is 1.09 bits per heavy atom. The van der Waals surface area contributed by atoms with Crippen LogP contribution in [0, 0.1) is 20.8 Å². The van der Waals surface area contributed by atoms with Gasteiger partial charge in [-0.15, -0.1) is 11.8 Å². The lowest BCUT2D eigenvalue weighted by Crippen LogP contribution is -2.16. The number of aryl methyl sites for hydroxylation is 3. The monoisotopic (exact) mass is 329 g/mol. The highest BCUT2D eigenvalue weighted by atomic mass is 32.2. The van der Waals surface area contributed by atoms with Crippen molar-refractivity contribution >= 4 is 23.4 Å². The first kappa shape index (κ1) is 17.4. The van der Waals surface area contributed by atoms with Gasteiger partial charge in [0.25, 0.3) is 0 Å². The van der Waals surface area contributed by atoms with Crippen LogP contribution in [0.1, 0.15) is 16.7 Å². The number of benzene rings is 2. The Kier molecular flexibility index (Phi) is 6.53. The van der Waals surface area contributed by atoms with E-state index >= 15 is 0 Å². The fourth-order valence-corrected chi connectivity index (χ4v) is 2.75. The van der Waals surface area contributed by atoms with E-state index in [0.29, 0.717) is 12.4 Å². The molecular weight excluding hydrogens is 306 g/mol. The van der Waals surface area contributed by atoms with Crippen molar-refractivity contribution in [2.75, 3.05) is 23.4 Å². The number of nitrogens with one attached hydrogen (secondary N) is 1. The lowest BCUT2D eigenvalue weighted by molar-refractivity contribution is -0.113. The molecule has 0 fully saturated rings. The summed E-state index contributed by atoms with van der Waals surface area (Å²) < 4.78 is 5.67. The molecule has 23 heavy (non-hydrogen) atoms. The number of amides is 1. The molecule has 0 spiro atoms. The maximum Gasteiger partial charge on any atom is 0.234 e. The van der Waals surface area contributed by atoms with Gasteiger partial charge in [0.15, 0.2) is 0 Å². The molecule has 1 amide bonds. The molecule has 0 aromatic heterocycles. The lowest BCUT2D eigenvalue weighted by atomic mass is 10.1. The van der Waals surface area contributed by atoms with E-state index in [-0.39, 0.29) is 5.91 Å². The van der Waals surface area contributed by atoms with Gasteiger partial charge < -0.3 is 10.1 Å². The van der Waals surface area contributed by atoms with Crippen LogP contribution in [0.4, 0.5) is 5.69 Å². The molecule has 3 nitrogen and oxygen atoms in total. The Bertz CT molecular complexity index is 670. The molecule has 122 valence electrons. The average molecular weight is 329 g/mol. The summed E-state index contributed by atoms with van der Waals surface area (Å²) in [4.78, 5) is 12.0. The number of carbonyl (C=O) groups is 1. The molecule has 1 N–H and O–H groups in total. The second-order valence-corrected chi connectivity index (χ2v) is 6.69. The van der Waals surface area contributed by atoms with E-state index in [1.54, 1.807) is 11.8 Å². The van der Waals surface area contributed by atoms with Crippen LogP contribution in [0.25, 0.3) is 0 Å². The van der Waals surface area contributed by atoms with Crippen LogP contribution in [0.15, 0.2) is 42.5 Å². The van der Waals surface area contributed by atoms with E-state index in [1.165, 1.54) is 5.56 Å². The topological polar surface area (TPSA) is 38.3 Å². The molecule has 0 unspecified atom stereocenters. The number of rotatable bonds is 7. The third kappa shape index (κ3) is 5.99. The van der Waals surface area contributed by atoms with Gasteiger partial charge in [-0.2, -0.15) is 0 Å². The quantitative estimate of drug-likeness (QED) is 0.767. The summed E-state index contributed by atoms with van der Waals surface area (Å²) in [7, 11) is 0. The van der Waals surface area contributed by atoms with Crippen molar-refractivity contribution in [2.45, 2.75) is 20.8 Å². The molecule has 0 atom stereocenters. The molecule has 0 aliphatic rings. The summed E-state index contributed by atoms with van der Waals surface area (Å²) in [6, 6.07) is 14.0. The number of anilines is 1. The van der Waals surface area contributed by atoms with Crippen molar-refractivity contribution in [3.05, 3.63) is 59.2 Å². The summed E-state index contributed by atoms with van der Waals surface area (Å²) in [6.07, 6.45) is 0. The molecule has 0 radical (unpaired) electrons. The fraction of sp³-hybridized carbons (Fsp3) is 0.316. The third-order valence-corrected chi connectivity index (χ3v) is 4.31. The summed E-state index contributed by atoms with van der Waals surface area (Å²) in [5.74, 6) is 2.13. The number of thioether (sulfide) groups is 1. The van der Waals surface area contributed by atoms with E-state index < -0.39 is 0 Å². The second kappa shape index (κ2) is 8.63. The van der Waals surface area contributed by atoms with E-state index in [0.717, 1.165) is 28.3 Å². The van der Waals surface area contributed by atoms with Gasteiger partial charge in [0.05, 0.1) is 12.4 Å². The van der Waals surface area contributed by atoms with Crippen LogP contribution < -0.4 is 10.1 Å². The maximum atomic E-state index is 12.0. The first-order valence-electron chi connectivity index (χ1n) is 7.69. The Hall–Kier alpha value is -1.94. The standard InChI is InChI=1S/C19H23NO2S/c1-14-5-4-6-17(11-14)22-9-10-23-13-19(21)20-18-12-15(2)7-8-16(18)3/h4-8,11-12H,9-10,13H2,1-3H3,(H,20,21). The molecule has 0 bridgehead atoms. The zero-order valence-electron chi connectivity index (χ0n) is 13.9. The number of carbonyl (C=O) groups excluding carboxylic acids is 1. The highest BCUT2D eigenvalue weighted by Crippen LogP contribution is 2.17. The predicted octanol–water partition coefficient (Wildman–Crippen LogP) is 4.36. The zero-order valence-corrected chi connectivity index (χ0v) is 14.7. The molecule has 2 rings (SSSR count). The van der Waals surface area contributed by atoms with Crippen molar-refractivity contribution in [3.63, 3.8) is 0 Å². The molecule has 2 aromatic rings. The largest absolute Gasteiger partial charge is 0.493 e. The van der Waals surface area contributed by atoms with Crippen LogP contribution >= 0.6 is 11.8 Å². The van der Waals surface area contributed by atoms with Crippen molar-refractivity contribution in [1.82, 2.24) is 0 Å². The molecule has 0 saturated carbocycles. The van der Waals surface area contributed by atoms with Gasteiger partial charge >= 0.3 is 0 Å². The Labute approximate surface area is 142 Å². The fourth-order valence-electron chi connectivity index (χ4n) is 2.15. The molecule has 4 heteroatoms. The molecule has 2 aromatic carbocycles. The van der Waals surface area contributed by atoms with Crippen LogP contribution in [-0.2, 0) is 4.79 Å². The van der Waals surface area contributed by atoms with Gasteiger partial charge in [-0.1, -0.05) is 24.3 Å². The van der Waals surface area contributed by atoms with Crippen molar-refractivity contribution in [3.8, 4) is 5.75 Å². The Morgan fingerprint density at radius 2 is 1.87 bits per heavy atom. The van der Waals surface area contributed by atoms with E-state index in [4.69, 9.17) is 4.74 Å². The van der Waals surface area contributed by atoms with Crippen molar-refractivity contribution in [1.29, 1.82) is 0 Å². The SMILES string of the molecule is Cc1cccc(OCCSCC(=O)Nc2cc(C)ccc2C)c1. The van der Waals surface area contributed by atoms with Gasteiger partial charge in [0.2, 0.25) is 5.91 Å². The van der Waals surface area contributed by atoms with Gasteiger partial charge in [-0.25, -0.2) is 0 Å². The average Bonchev–Trinajstić information content (AvgIpc) is 2.51. The normalized spacial score (nSPS) is 10.4. The molecular formula is C19H23NO2S. The maximum absolute atomic E-state index is 12.0. The van der Waals surface area contributed by atoms with Crippen LogP contribution in [0.2, 0.25) is 0 Å². The first-order chi connectivity index (χ1) is 11.0. The van der Waals surface area contributed by atoms with Crippen LogP contribution in [-0.4, -0.2) is 24.0 Å². The summed E-state index contributed by atoms with van der Waals surface area (Å²) in [6.45, 7) is 6.66. The number of hydrogen-bond acceptors (Lipinski definition) is 3. The van der Waals surface area contributed by atoms with E-state index in [2.05, 4.69) is 5.32 Å². The Morgan fingerprint density at radius 3 is 2.65 bits per heavy atom. The minimum atomic E-state index is 0.0271. The predicted molar refractivity (Wildman–Crippen MR) is 98.5 cm³/mol. The van der Waals surface area contributed by atoms with Crippen LogP contribution in [0.3, 0.4) is 0 Å². The molecule has 0 saturated heterocycles. The third-order valence-electron chi connectivity index (χ3n) is 3.39. The number of hydrogen-bond donors (Lipinski definition) is 1. The van der Waals surface area contributed by atoms with E-state index in [1.807, 2.05) is 63.2 Å². The zero-order chi connectivity index (χ0) is 16.7. The summed E-state index contributed by atoms with van der Waals surface area (Å²) in [5, 5.41) is 2.97. The lowest BCUT2D eigenvalue weighted by Gasteiger charge is -2.10. The molecule has 0 aliphatic heterocycles. The van der Waals surface area contributed by atoms with Gasteiger partial charge in [-0.05, 0) is 55.7 Å². The van der Waals surface area contributed by atoms with Crippen LogP contribution in [0.5, 0.6) is 5.75 Å². The van der Waals surface area contributed by atoms with Gasteiger partial charge in [-0.3, -0.25) is 4.79 Å². The number of ether oxygens (including phenoxy) is 1. The van der Waals surface area contributed by atoms with E-state index in [9.17, 15) is 4.79 Å². The van der Waals surface area contributed by atoms with Crippen molar-refractivity contribution < 1.29 is 9.53 Å². The Balaban J connectivity index is 1.68. The molecule has 0 heterocycles. The highest BCUT2D eigenvalue weighted by Gasteiger charge is 2.05. The van der Waals surface area contributed by atoms with Crippen molar-refractivity contribution in [2.24, 2.45) is 0 Å². The second-order valence-electron chi connectivity index (χ2n) is 5.58.